The normalized spacial score (nSPS) is 20.3. The highest BCUT2D eigenvalue weighted by Crippen LogP contribution is 2.46. The van der Waals surface area contributed by atoms with Gasteiger partial charge in [-0.1, -0.05) is 176 Å². The van der Waals surface area contributed by atoms with Gasteiger partial charge in [-0.05, 0) is 87.9 Å². The van der Waals surface area contributed by atoms with Gasteiger partial charge >= 0.3 is 0 Å². The van der Waals surface area contributed by atoms with Crippen LogP contribution in [0.1, 0.15) is 61.2 Å². The molecule has 0 bridgehead atoms. The summed E-state index contributed by atoms with van der Waals surface area (Å²) in [7, 11) is 0. The summed E-state index contributed by atoms with van der Waals surface area (Å²) in [6, 6.07) is 61.1. The number of hydrogen-bond donors (Lipinski definition) is 1. The molecule has 64 heavy (non-hydrogen) atoms. The van der Waals surface area contributed by atoms with Gasteiger partial charge in [-0.2, -0.15) is 0 Å². The Balaban J connectivity index is 1.17. The first kappa shape index (κ1) is 43.4. The van der Waals surface area contributed by atoms with Gasteiger partial charge in [0.05, 0.1) is 38.6 Å². The average Bonchev–Trinajstić information content (AvgIpc) is 3.32. The molecular formula is C57H56O7. The third kappa shape index (κ3) is 10.5. The van der Waals surface area contributed by atoms with Crippen molar-refractivity contribution in [1.82, 2.24) is 0 Å². The highest BCUT2D eigenvalue weighted by atomic mass is 16.7. The number of aryl methyl sites for hydroxylation is 3. The van der Waals surface area contributed by atoms with Crippen molar-refractivity contribution in [1.29, 1.82) is 0 Å². The van der Waals surface area contributed by atoms with Crippen molar-refractivity contribution in [2.45, 2.75) is 89.4 Å². The van der Waals surface area contributed by atoms with E-state index in [0.29, 0.717) is 24.3 Å². The number of fused-ring (bicyclic) bond motifs is 1. The van der Waals surface area contributed by atoms with E-state index in [1.54, 1.807) is 0 Å². The predicted octanol–water partition coefficient (Wildman–Crippen LogP) is 10.8. The maximum atomic E-state index is 13.9. The molecule has 0 amide bonds. The lowest BCUT2D eigenvalue weighted by molar-refractivity contribution is -0.379. The van der Waals surface area contributed by atoms with E-state index in [2.05, 4.69) is 24.3 Å². The standard InChI is InChI=1S/C57H56O7/c1-41-31-48(32-47-27-28-49-29-30-50(49)33-47)34-51(53(41)60-36-43-19-9-3-10-20-43)57(58)56(63-39-46-25-15-6-16-26-46)55(62-38-45-23-13-5-14-24-45)54(61-37-44-21-11-4-12-22-44)52(64-57)40-59-35-42-17-7-2-8-18-42/h2-28,31,33-34,52,54-56,58H,29-30,32,35-40H2,1H3/t52-,54-,55+,56-,57?/m1/s1. The molecule has 5 atom stereocenters. The molecule has 7 aromatic rings. The zero-order valence-corrected chi connectivity index (χ0v) is 36.4. The van der Waals surface area contributed by atoms with Gasteiger partial charge in [0.1, 0.15) is 36.8 Å². The fourth-order valence-corrected chi connectivity index (χ4v) is 8.80. The fraction of sp³-hybridized carbons (Fsp3) is 0.263. The van der Waals surface area contributed by atoms with E-state index >= 15 is 0 Å². The molecule has 0 radical (unpaired) electrons. The minimum atomic E-state index is -2.11. The molecule has 7 aromatic carbocycles. The molecule has 0 saturated carbocycles. The molecule has 9 rings (SSSR count). The average molecular weight is 853 g/mol. The summed E-state index contributed by atoms with van der Waals surface area (Å²) >= 11 is 0. The summed E-state index contributed by atoms with van der Waals surface area (Å²) in [5, 5.41) is 13.9. The van der Waals surface area contributed by atoms with Crippen molar-refractivity contribution >= 4 is 0 Å². The lowest BCUT2D eigenvalue weighted by atomic mass is 9.84. The quantitative estimate of drug-likeness (QED) is 0.0868. The van der Waals surface area contributed by atoms with E-state index in [9.17, 15) is 5.11 Å². The Kier molecular flexibility index (Phi) is 14.0. The molecule has 1 aliphatic carbocycles. The van der Waals surface area contributed by atoms with Gasteiger partial charge in [-0.25, -0.2) is 0 Å². The summed E-state index contributed by atoms with van der Waals surface area (Å²) in [6.07, 6.45) is -0.620. The zero-order valence-electron chi connectivity index (χ0n) is 36.4. The number of ether oxygens (including phenoxy) is 6. The minimum Gasteiger partial charge on any atom is -0.488 e. The van der Waals surface area contributed by atoms with Crippen LogP contribution in [0.3, 0.4) is 0 Å². The molecule has 326 valence electrons. The van der Waals surface area contributed by atoms with Crippen molar-refractivity contribution in [3.63, 3.8) is 0 Å². The Morgan fingerprint density at radius 2 is 1.00 bits per heavy atom. The highest BCUT2D eigenvalue weighted by molar-refractivity contribution is 5.49. The topological polar surface area (TPSA) is 75.6 Å². The smallest absolute Gasteiger partial charge is 0.226 e. The van der Waals surface area contributed by atoms with Gasteiger partial charge < -0.3 is 33.5 Å². The van der Waals surface area contributed by atoms with Crippen molar-refractivity contribution < 1.29 is 33.5 Å². The number of hydrogen-bond acceptors (Lipinski definition) is 7. The van der Waals surface area contributed by atoms with Gasteiger partial charge in [-0.3, -0.25) is 0 Å². The lowest BCUT2D eigenvalue weighted by Crippen LogP contribution is -2.65. The molecule has 2 aliphatic rings. The summed E-state index contributed by atoms with van der Waals surface area (Å²) in [4.78, 5) is 0. The molecule has 1 unspecified atom stereocenters. The van der Waals surface area contributed by atoms with Crippen LogP contribution in [0.15, 0.2) is 182 Å². The Morgan fingerprint density at radius 3 is 1.53 bits per heavy atom. The van der Waals surface area contributed by atoms with E-state index in [1.807, 2.05) is 165 Å². The third-order valence-electron chi connectivity index (χ3n) is 12.2. The Hall–Kier alpha value is -5.90. The lowest BCUT2D eigenvalue weighted by Gasteiger charge is -2.50. The van der Waals surface area contributed by atoms with Crippen molar-refractivity contribution in [2.75, 3.05) is 6.61 Å². The molecule has 1 N–H and O–H groups in total. The SMILES string of the molecule is Cc1cc(Cc2ccc3c(c2)CC3)cc(C2(O)O[C@H](COCc3ccccc3)[C@@H](OCc3ccccc3)[C@H](OCc3ccccc3)[C@H]2OCc2ccccc2)c1OCc1ccccc1. The summed E-state index contributed by atoms with van der Waals surface area (Å²) < 4.78 is 41.5. The van der Waals surface area contributed by atoms with Gasteiger partial charge in [0, 0.05) is 0 Å². The second-order valence-electron chi connectivity index (χ2n) is 16.9. The van der Waals surface area contributed by atoms with Crippen LogP contribution in [-0.2, 0) is 81.8 Å². The first-order chi connectivity index (χ1) is 31.5. The Morgan fingerprint density at radius 1 is 0.500 bits per heavy atom. The third-order valence-corrected chi connectivity index (χ3v) is 12.2. The van der Waals surface area contributed by atoms with Crippen LogP contribution in [0.5, 0.6) is 5.75 Å². The second-order valence-corrected chi connectivity index (χ2v) is 16.9. The molecule has 1 saturated heterocycles. The molecular weight excluding hydrogens is 797 g/mol. The van der Waals surface area contributed by atoms with Crippen molar-refractivity contribution in [2.24, 2.45) is 0 Å². The Bertz CT molecular complexity index is 2530. The van der Waals surface area contributed by atoms with Gasteiger partial charge in [0.25, 0.3) is 0 Å². The summed E-state index contributed by atoms with van der Waals surface area (Å²) in [6.45, 7) is 3.45. The van der Waals surface area contributed by atoms with Crippen LogP contribution in [0.4, 0.5) is 0 Å². The summed E-state index contributed by atoms with van der Waals surface area (Å²) in [5.74, 6) is -1.59. The molecule has 0 aromatic heterocycles. The molecule has 7 nitrogen and oxygen atoms in total. The monoisotopic (exact) mass is 852 g/mol. The molecule has 0 spiro atoms. The first-order valence-corrected chi connectivity index (χ1v) is 22.4. The Labute approximate surface area is 377 Å². The van der Waals surface area contributed by atoms with Crippen LogP contribution >= 0.6 is 0 Å². The van der Waals surface area contributed by atoms with Crippen molar-refractivity contribution in [3.8, 4) is 5.75 Å². The number of aliphatic hydroxyl groups is 1. The number of benzene rings is 7. The minimum absolute atomic E-state index is 0.0985. The fourth-order valence-electron chi connectivity index (χ4n) is 8.80. The maximum absolute atomic E-state index is 13.9. The largest absolute Gasteiger partial charge is 0.488 e. The van der Waals surface area contributed by atoms with Crippen LogP contribution in [0.25, 0.3) is 0 Å². The maximum Gasteiger partial charge on any atom is 0.226 e. The second kappa shape index (κ2) is 20.7. The van der Waals surface area contributed by atoms with E-state index < -0.39 is 30.2 Å². The molecule has 1 aliphatic heterocycles. The van der Waals surface area contributed by atoms with Crippen LogP contribution in [0.2, 0.25) is 0 Å². The molecule has 7 heteroatoms. The highest BCUT2D eigenvalue weighted by Gasteiger charge is 2.58. The van der Waals surface area contributed by atoms with Gasteiger partial charge in [-0.15, -0.1) is 0 Å². The van der Waals surface area contributed by atoms with E-state index in [1.165, 1.54) is 16.7 Å². The van der Waals surface area contributed by atoms with Crippen LogP contribution in [0, 0.1) is 6.92 Å². The predicted molar refractivity (Wildman–Crippen MR) is 249 cm³/mol. The van der Waals surface area contributed by atoms with Crippen LogP contribution < -0.4 is 4.74 Å². The van der Waals surface area contributed by atoms with Crippen molar-refractivity contribution in [3.05, 3.63) is 243 Å². The zero-order chi connectivity index (χ0) is 43.6. The van der Waals surface area contributed by atoms with E-state index in [0.717, 1.165) is 51.8 Å². The summed E-state index contributed by atoms with van der Waals surface area (Å²) in [5.41, 5.74) is 11.3. The van der Waals surface area contributed by atoms with E-state index in [4.69, 9.17) is 28.4 Å². The van der Waals surface area contributed by atoms with Gasteiger partial charge in [0.15, 0.2) is 0 Å². The molecule has 1 heterocycles. The molecule has 1 fully saturated rings. The van der Waals surface area contributed by atoms with Crippen LogP contribution in [-0.4, -0.2) is 36.1 Å². The van der Waals surface area contributed by atoms with E-state index in [-0.39, 0.29) is 33.0 Å². The van der Waals surface area contributed by atoms with Gasteiger partial charge in [0.2, 0.25) is 5.79 Å². The number of rotatable bonds is 19. The first-order valence-electron chi connectivity index (χ1n) is 22.4.